The van der Waals surface area contributed by atoms with Crippen LogP contribution in [0.3, 0.4) is 0 Å². The summed E-state index contributed by atoms with van der Waals surface area (Å²) in [7, 11) is 1.56. The van der Waals surface area contributed by atoms with Crippen molar-refractivity contribution in [1.82, 2.24) is 15.5 Å². The molecule has 1 heterocycles. The zero-order valence-corrected chi connectivity index (χ0v) is 27.9. The first-order valence-corrected chi connectivity index (χ1v) is 16.8. The van der Waals surface area contributed by atoms with Crippen LogP contribution in [0.1, 0.15) is 94.5 Å². The molecule has 1 aliphatic carbocycles. The van der Waals surface area contributed by atoms with E-state index in [0.717, 1.165) is 44.1 Å². The van der Waals surface area contributed by atoms with E-state index in [4.69, 9.17) is 9.47 Å². The number of carbonyl (C=O) groups is 4. The fourth-order valence-corrected chi connectivity index (χ4v) is 6.49. The van der Waals surface area contributed by atoms with Crippen molar-refractivity contribution in [3.63, 3.8) is 0 Å². The zero-order valence-electron chi connectivity index (χ0n) is 27.9. The van der Waals surface area contributed by atoms with E-state index in [2.05, 4.69) is 10.6 Å². The summed E-state index contributed by atoms with van der Waals surface area (Å²) in [5.74, 6) is -0.340. The van der Waals surface area contributed by atoms with Crippen molar-refractivity contribution in [3.05, 3.63) is 65.7 Å². The van der Waals surface area contributed by atoms with Gasteiger partial charge in [-0.05, 0) is 70.2 Å². The molecule has 1 saturated heterocycles. The molecule has 2 aliphatic rings. The van der Waals surface area contributed by atoms with Gasteiger partial charge in [0.2, 0.25) is 11.8 Å². The summed E-state index contributed by atoms with van der Waals surface area (Å²) in [4.78, 5) is 56.4. The number of methoxy groups -OCH3 is 1. The summed E-state index contributed by atoms with van der Waals surface area (Å²) in [5, 5.41) is 6.00. The average Bonchev–Trinajstić information content (AvgIpc) is 3.04. The van der Waals surface area contributed by atoms with Crippen LogP contribution in [0.15, 0.2) is 54.6 Å². The second-order valence-corrected chi connectivity index (χ2v) is 13.7. The van der Waals surface area contributed by atoms with Crippen LogP contribution in [0, 0.1) is 5.92 Å². The van der Waals surface area contributed by atoms with E-state index in [1.54, 1.807) is 31.4 Å². The Morgan fingerprint density at radius 3 is 2.28 bits per heavy atom. The van der Waals surface area contributed by atoms with Crippen molar-refractivity contribution in [1.29, 1.82) is 0 Å². The first-order valence-electron chi connectivity index (χ1n) is 16.8. The van der Waals surface area contributed by atoms with E-state index < -0.39 is 35.6 Å². The molecule has 2 aromatic carbocycles. The number of hydrogen-bond donors (Lipinski definition) is 2. The number of rotatable bonds is 13. The number of nitrogens with one attached hydrogen (secondary N) is 2. The monoisotopic (exact) mass is 633 g/mol. The summed E-state index contributed by atoms with van der Waals surface area (Å²) >= 11 is 0. The second kappa shape index (κ2) is 16.7. The van der Waals surface area contributed by atoms with Gasteiger partial charge in [0, 0.05) is 12.0 Å². The van der Waals surface area contributed by atoms with Crippen LogP contribution in [0.2, 0.25) is 0 Å². The third kappa shape index (κ3) is 10.7. The fourth-order valence-electron chi connectivity index (χ4n) is 6.49. The van der Waals surface area contributed by atoms with E-state index in [0.29, 0.717) is 36.6 Å². The first-order chi connectivity index (χ1) is 22.0. The normalized spacial score (nSPS) is 19.0. The molecule has 46 heavy (non-hydrogen) atoms. The smallest absolute Gasteiger partial charge is 0.329 e. The first kappa shape index (κ1) is 35.1. The molecule has 9 heteroatoms. The van der Waals surface area contributed by atoms with Gasteiger partial charge < -0.3 is 20.1 Å². The number of amides is 2. The van der Waals surface area contributed by atoms with Crippen molar-refractivity contribution < 1.29 is 28.7 Å². The molecule has 2 N–H and O–H groups in total. The number of Topliss-reactive ketones (excluding diaryl/α,β-unsaturated/α-hetero) is 1. The molecule has 1 aliphatic heterocycles. The fraction of sp³-hybridized carbons (Fsp3) is 0.568. The number of ketones is 1. The van der Waals surface area contributed by atoms with E-state index >= 15 is 0 Å². The standard InChI is InChI=1S/C37H51N3O6/c1-37(2,3)46-36(44)31(23-27-16-9-6-10-17-27)39-34(42)30(22-26-14-7-5-8-15-26)38-35(43)32-20-11-12-21-40(32)25-33(41)28-18-13-19-29(24-28)45-4/h5,7-8,13-15,18-19,24,27,30-32H,6,9-12,16-17,20-23,25H2,1-4H3,(H,38,43)(H,39,42)/t30-,31?,32-/m0/s1. The van der Waals surface area contributed by atoms with Gasteiger partial charge in [-0.3, -0.25) is 19.3 Å². The lowest BCUT2D eigenvalue weighted by molar-refractivity contribution is -0.159. The van der Waals surface area contributed by atoms with Crippen LogP contribution in [-0.2, 0) is 25.5 Å². The summed E-state index contributed by atoms with van der Waals surface area (Å²) < 4.78 is 11.0. The van der Waals surface area contributed by atoms with Gasteiger partial charge in [-0.25, -0.2) is 4.79 Å². The van der Waals surface area contributed by atoms with E-state index in [1.807, 2.05) is 56.0 Å². The highest BCUT2D eigenvalue weighted by atomic mass is 16.6. The lowest BCUT2D eigenvalue weighted by atomic mass is 9.84. The number of nitrogens with zero attached hydrogens (tertiary/aromatic N) is 1. The number of benzene rings is 2. The van der Waals surface area contributed by atoms with Gasteiger partial charge in [-0.1, -0.05) is 81.0 Å². The van der Waals surface area contributed by atoms with Crippen LogP contribution in [0.5, 0.6) is 5.75 Å². The highest BCUT2D eigenvalue weighted by molar-refractivity contribution is 5.98. The van der Waals surface area contributed by atoms with Gasteiger partial charge in [-0.2, -0.15) is 0 Å². The number of hydrogen-bond acceptors (Lipinski definition) is 7. The highest BCUT2D eigenvalue weighted by Gasteiger charge is 2.35. The number of ether oxygens (including phenoxy) is 2. The van der Waals surface area contributed by atoms with Crippen LogP contribution in [-0.4, -0.2) is 72.4 Å². The minimum absolute atomic E-state index is 0.0862. The van der Waals surface area contributed by atoms with E-state index in [9.17, 15) is 19.2 Å². The van der Waals surface area contributed by atoms with Crippen molar-refractivity contribution in [2.75, 3.05) is 20.2 Å². The molecule has 2 amide bonds. The lowest BCUT2D eigenvalue weighted by Crippen LogP contribution is -2.58. The minimum atomic E-state index is -0.913. The van der Waals surface area contributed by atoms with E-state index in [1.165, 1.54) is 6.42 Å². The molecule has 2 fully saturated rings. The summed E-state index contributed by atoms with van der Waals surface area (Å²) in [6, 6.07) is 14.3. The Morgan fingerprint density at radius 2 is 1.59 bits per heavy atom. The second-order valence-electron chi connectivity index (χ2n) is 13.7. The predicted octanol–water partition coefficient (Wildman–Crippen LogP) is 5.26. The van der Waals surface area contributed by atoms with Crippen LogP contribution >= 0.6 is 0 Å². The summed E-state index contributed by atoms with van der Waals surface area (Å²) in [6.07, 6.45) is 8.54. The molecule has 1 saturated carbocycles. The maximum Gasteiger partial charge on any atom is 0.329 e. The molecule has 0 radical (unpaired) electrons. The summed E-state index contributed by atoms with van der Waals surface area (Å²) in [5.41, 5.74) is 0.714. The SMILES string of the molecule is COc1cccc(C(=O)CN2CCCC[C@H]2C(=O)N[C@@H](Cc2ccccc2)C(=O)NC(CC2CCCCC2)C(=O)OC(C)(C)C)c1. The molecule has 9 nitrogen and oxygen atoms in total. The maximum absolute atomic E-state index is 14.0. The number of likely N-dealkylation sites (tertiary alicyclic amines) is 1. The largest absolute Gasteiger partial charge is 0.497 e. The molecule has 3 atom stereocenters. The minimum Gasteiger partial charge on any atom is -0.497 e. The third-order valence-corrected chi connectivity index (χ3v) is 8.87. The molecule has 2 aromatic rings. The van der Waals surface area contributed by atoms with Crippen LogP contribution in [0.25, 0.3) is 0 Å². The third-order valence-electron chi connectivity index (χ3n) is 8.87. The lowest BCUT2D eigenvalue weighted by Gasteiger charge is -2.35. The Hall–Kier alpha value is -3.72. The molecule has 0 spiro atoms. The van der Waals surface area contributed by atoms with Crippen LogP contribution < -0.4 is 15.4 Å². The Kier molecular flexibility index (Phi) is 12.8. The zero-order chi connectivity index (χ0) is 33.1. The molecule has 4 rings (SSSR count). The number of esters is 1. The Morgan fingerprint density at radius 1 is 0.870 bits per heavy atom. The van der Waals surface area contributed by atoms with Crippen molar-refractivity contribution >= 4 is 23.6 Å². The van der Waals surface area contributed by atoms with Crippen molar-refractivity contribution in [2.24, 2.45) is 5.92 Å². The van der Waals surface area contributed by atoms with Gasteiger partial charge >= 0.3 is 5.97 Å². The maximum atomic E-state index is 14.0. The molecule has 0 bridgehead atoms. The predicted molar refractivity (Wildman–Crippen MR) is 178 cm³/mol. The molecule has 1 unspecified atom stereocenters. The Bertz CT molecular complexity index is 1320. The average molecular weight is 634 g/mol. The topological polar surface area (TPSA) is 114 Å². The van der Waals surface area contributed by atoms with Gasteiger partial charge in [-0.15, -0.1) is 0 Å². The van der Waals surface area contributed by atoms with Gasteiger partial charge in [0.25, 0.3) is 0 Å². The number of piperidine rings is 1. The molecular formula is C37H51N3O6. The van der Waals surface area contributed by atoms with Gasteiger partial charge in [0.05, 0.1) is 19.7 Å². The van der Waals surface area contributed by atoms with Crippen LogP contribution in [0.4, 0.5) is 0 Å². The Balaban J connectivity index is 1.51. The molecule has 0 aromatic heterocycles. The molecule has 250 valence electrons. The van der Waals surface area contributed by atoms with E-state index in [-0.39, 0.29) is 24.7 Å². The molecular weight excluding hydrogens is 582 g/mol. The van der Waals surface area contributed by atoms with Gasteiger partial charge in [0.1, 0.15) is 23.4 Å². The van der Waals surface area contributed by atoms with Crippen molar-refractivity contribution in [2.45, 2.75) is 109 Å². The highest BCUT2D eigenvalue weighted by Crippen LogP contribution is 2.28. The van der Waals surface area contributed by atoms with Gasteiger partial charge in [0.15, 0.2) is 5.78 Å². The Labute approximate surface area is 273 Å². The van der Waals surface area contributed by atoms with Crippen molar-refractivity contribution in [3.8, 4) is 5.75 Å². The summed E-state index contributed by atoms with van der Waals surface area (Å²) in [6.45, 7) is 6.14. The quantitative estimate of drug-likeness (QED) is 0.229. The number of carbonyl (C=O) groups excluding carboxylic acids is 4.